The summed E-state index contributed by atoms with van der Waals surface area (Å²) in [6.07, 6.45) is 6.89. The van der Waals surface area contributed by atoms with Gasteiger partial charge in [0.1, 0.15) is 5.75 Å². The number of anilines is 1. The number of nitrogens with one attached hydrogen (secondary N) is 1. The van der Waals surface area contributed by atoms with Gasteiger partial charge in [0, 0.05) is 30.9 Å². The van der Waals surface area contributed by atoms with Gasteiger partial charge in [-0.3, -0.25) is 0 Å². The molecule has 0 bridgehead atoms. The largest absolute Gasteiger partial charge is 0.497 e. The number of methoxy groups -OCH3 is 1. The molecule has 20 heavy (non-hydrogen) atoms. The SMILES string of the molecule is COc1cccc(N2CCCC(NCC3CCC3)C2)c1. The first-order valence-corrected chi connectivity index (χ1v) is 7.97. The molecule has 0 radical (unpaired) electrons. The molecule has 1 aromatic carbocycles. The van der Waals surface area contributed by atoms with Crippen LogP contribution in [0.4, 0.5) is 5.69 Å². The van der Waals surface area contributed by atoms with Crippen molar-refractivity contribution in [1.29, 1.82) is 0 Å². The number of hydrogen-bond acceptors (Lipinski definition) is 3. The summed E-state index contributed by atoms with van der Waals surface area (Å²) in [5.41, 5.74) is 1.29. The van der Waals surface area contributed by atoms with Crippen LogP contribution in [-0.4, -0.2) is 32.8 Å². The summed E-state index contributed by atoms with van der Waals surface area (Å²) in [5, 5.41) is 3.78. The van der Waals surface area contributed by atoms with E-state index in [4.69, 9.17) is 4.74 Å². The van der Waals surface area contributed by atoms with E-state index in [-0.39, 0.29) is 0 Å². The molecule has 2 fully saturated rings. The van der Waals surface area contributed by atoms with Crippen molar-refractivity contribution in [3.05, 3.63) is 24.3 Å². The van der Waals surface area contributed by atoms with Crippen molar-refractivity contribution in [2.24, 2.45) is 5.92 Å². The molecule has 0 amide bonds. The van der Waals surface area contributed by atoms with E-state index in [0.717, 1.165) is 24.8 Å². The van der Waals surface area contributed by atoms with Gasteiger partial charge in [0.15, 0.2) is 0 Å². The summed E-state index contributed by atoms with van der Waals surface area (Å²) in [7, 11) is 1.73. The molecule has 1 atom stereocenters. The van der Waals surface area contributed by atoms with Gasteiger partial charge in [-0.05, 0) is 50.3 Å². The molecule has 0 aromatic heterocycles. The summed E-state index contributed by atoms with van der Waals surface area (Å²) in [4.78, 5) is 2.49. The van der Waals surface area contributed by atoms with Gasteiger partial charge in [-0.25, -0.2) is 0 Å². The van der Waals surface area contributed by atoms with E-state index in [1.54, 1.807) is 7.11 Å². The first-order chi connectivity index (χ1) is 9.85. The van der Waals surface area contributed by atoms with Crippen molar-refractivity contribution >= 4 is 5.69 Å². The first kappa shape index (κ1) is 13.7. The normalized spacial score (nSPS) is 23.4. The molecule has 1 unspecified atom stereocenters. The first-order valence-electron chi connectivity index (χ1n) is 7.97. The third-order valence-corrected chi connectivity index (χ3v) is 4.76. The smallest absolute Gasteiger partial charge is 0.120 e. The molecular formula is C17H26N2O. The van der Waals surface area contributed by atoms with E-state index in [9.17, 15) is 0 Å². The van der Waals surface area contributed by atoms with Crippen LogP contribution in [0.2, 0.25) is 0 Å². The lowest BCUT2D eigenvalue weighted by atomic mass is 9.85. The van der Waals surface area contributed by atoms with Crippen molar-refractivity contribution in [3.8, 4) is 5.75 Å². The summed E-state index contributed by atoms with van der Waals surface area (Å²) < 4.78 is 5.33. The number of rotatable bonds is 5. The molecular weight excluding hydrogens is 248 g/mol. The van der Waals surface area contributed by atoms with Gasteiger partial charge in [0.05, 0.1) is 7.11 Å². The van der Waals surface area contributed by atoms with Crippen molar-refractivity contribution in [2.45, 2.75) is 38.1 Å². The van der Waals surface area contributed by atoms with Crippen LogP contribution in [0.5, 0.6) is 5.75 Å². The third-order valence-electron chi connectivity index (χ3n) is 4.76. The van der Waals surface area contributed by atoms with E-state index in [1.165, 1.54) is 44.3 Å². The Morgan fingerprint density at radius 3 is 2.90 bits per heavy atom. The number of ether oxygens (including phenoxy) is 1. The van der Waals surface area contributed by atoms with Crippen LogP contribution in [0.15, 0.2) is 24.3 Å². The molecule has 1 heterocycles. The Labute approximate surface area is 122 Å². The van der Waals surface area contributed by atoms with Crippen molar-refractivity contribution in [2.75, 3.05) is 31.6 Å². The number of piperidine rings is 1. The Kier molecular flexibility index (Phi) is 4.46. The van der Waals surface area contributed by atoms with Crippen LogP contribution < -0.4 is 15.0 Å². The van der Waals surface area contributed by atoms with Gasteiger partial charge in [-0.15, -0.1) is 0 Å². The molecule has 1 aliphatic heterocycles. The van der Waals surface area contributed by atoms with E-state index >= 15 is 0 Å². The second kappa shape index (κ2) is 6.49. The van der Waals surface area contributed by atoms with Gasteiger partial charge in [-0.1, -0.05) is 12.5 Å². The lowest BCUT2D eigenvalue weighted by Gasteiger charge is -2.36. The summed E-state index contributed by atoms with van der Waals surface area (Å²) >= 11 is 0. The molecule has 1 saturated heterocycles. The third kappa shape index (κ3) is 3.26. The Bertz CT molecular complexity index is 431. The highest BCUT2D eigenvalue weighted by Crippen LogP contribution is 2.27. The van der Waals surface area contributed by atoms with Gasteiger partial charge in [-0.2, -0.15) is 0 Å². The Balaban J connectivity index is 1.56. The zero-order valence-corrected chi connectivity index (χ0v) is 12.5. The molecule has 3 rings (SSSR count). The second-order valence-electron chi connectivity index (χ2n) is 6.19. The fourth-order valence-corrected chi connectivity index (χ4v) is 3.22. The standard InChI is InChI=1S/C17H26N2O/c1-20-17-9-3-8-16(11-17)19-10-4-7-15(13-19)18-12-14-5-2-6-14/h3,8-9,11,14-15,18H,2,4-7,10,12-13H2,1H3. The maximum Gasteiger partial charge on any atom is 0.120 e. The highest BCUT2D eigenvalue weighted by molar-refractivity contribution is 5.51. The molecule has 1 aromatic rings. The van der Waals surface area contributed by atoms with Crippen molar-refractivity contribution in [3.63, 3.8) is 0 Å². The minimum absolute atomic E-state index is 0.649. The monoisotopic (exact) mass is 274 g/mol. The second-order valence-corrected chi connectivity index (χ2v) is 6.19. The lowest BCUT2D eigenvalue weighted by molar-refractivity contribution is 0.280. The van der Waals surface area contributed by atoms with E-state index in [2.05, 4.69) is 28.4 Å². The predicted octanol–water partition coefficient (Wildman–Crippen LogP) is 3.05. The maximum atomic E-state index is 5.33. The fourth-order valence-electron chi connectivity index (χ4n) is 3.22. The quantitative estimate of drug-likeness (QED) is 0.893. The average Bonchev–Trinajstić information content (AvgIpc) is 2.46. The van der Waals surface area contributed by atoms with Crippen LogP contribution in [0.3, 0.4) is 0 Å². The van der Waals surface area contributed by atoms with Gasteiger partial charge < -0.3 is 15.0 Å². The Morgan fingerprint density at radius 1 is 1.25 bits per heavy atom. The van der Waals surface area contributed by atoms with Gasteiger partial charge >= 0.3 is 0 Å². The van der Waals surface area contributed by atoms with Crippen molar-refractivity contribution < 1.29 is 4.74 Å². The summed E-state index contributed by atoms with van der Waals surface area (Å²) in [6, 6.07) is 9.08. The zero-order chi connectivity index (χ0) is 13.8. The topological polar surface area (TPSA) is 24.5 Å². The zero-order valence-electron chi connectivity index (χ0n) is 12.5. The molecule has 1 aliphatic carbocycles. The molecule has 110 valence electrons. The van der Waals surface area contributed by atoms with E-state index in [1.807, 2.05) is 6.07 Å². The van der Waals surface area contributed by atoms with Crippen LogP contribution in [-0.2, 0) is 0 Å². The molecule has 1 saturated carbocycles. The highest BCUT2D eigenvalue weighted by atomic mass is 16.5. The highest BCUT2D eigenvalue weighted by Gasteiger charge is 2.23. The number of hydrogen-bond donors (Lipinski definition) is 1. The van der Waals surface area contributed by atoms with Crippen LogP contribution in [0.1, 0.15) is 32.1 Å². The van der Waals surface area contributed by atoms with Crippen LogP contribution >= 0.6 is 0 Å². The molecule has 3 nitrogen and oxygen atoms in total. The predicted molar refractivity (Wildman–Crippen MR) is 83.6 cm³/mol. The molecule has 3 heteroatoms. The maximum absolute atomic E-state index is 5.33. The summed E-state index contributed by atoms with van der Waals surface area (Å²) in [6.45, 7) is 3.51. The minimum atomic E-state index is 0.649. The molecule has 0 spiro atoms. The number of benzene rings is 1. The minimum Gasteiger partial charge on any atom is -0.497 e. The fraction of sp³-hybridized carbons (Fsp3) is 0.647. The van der Waals surface area contributed by atoms with E-state index < -0.39 is 0 Å². The Hall–Kier alpha value is -1.22. The molecule has 1 N–H and O–H groups in total. The average molecular weight is 274 g/mol. The van der Waals surface area contributed by atoms with Crippen LogP contribution in [0, 0.1) is 5.92 Å². The van der Waals surface area contributed by atoms with Gasteiger partial charge in [0.2, 0.25) is 0 Å². The van der Waals surface area contributed by atoms with Gasteiger partial charge in [0.25, 0.3) is 0 Å². The van der Waals surface area contributed by atoms with E-state index in [0.29, 0.717) is 6.04 Å². The van der Waals surface area contributed by atoms with Crippen molar-refractivity contribution in [1.82, 2.24) is 5.32 Å². The summed E-state index contributed by atoms with van der Waals surface area (Å²) in [5.74, 6) is 1.90. The van der Waals surface area contributed by atoms with Crippen LogP contribution in [0.25, 0.3) is 0 Å². The molecule has 2 aliphatic rings. The Morgan fingerprint density at radius 2 is 2.15 bits per heavy atom. The lowest BCUT2D eigenvalue weighted by Crippen LogP contribution is -2.47. The number of nitrogens with zero attached hydrogens (tertiary/aromatic N) is 1.